The molecular weight excluding hydrogens is 217 g/mol. The van der Waals surface area contributed by atoms with Gasteiger partial charge in [0.05, 0.1) is 0 Å². The third-order valence-electron chi connectivity index (χ3n) is 3.39. The predicted molar refractivity (Wildman–Crippen MR) is 66.6 cm³/mol. The van der Waals surface area contributed by atoms with Gasteiger partial charge >= 0.3 is 0 Å². The zero-order chi connectivity index (χ0) is 12.3. The second-order valence-corrected chi connectivity index (χ2v) is 4.82. The maximum absolute atomic E-state index is 13.1. The maximum Gasteiger partial charge on any atom is 0.123 e. The van der Waals surface area contributed by atoms with Crippen molar-refractivity contribution in [3.05, 3.63) is 29.6 Å². The minimum atomic E-state index is -0.183. The van der Waals surface area contributed by atoms with Crippen molar-refractivity contribution in [2.75, 3.05) is 6.54 Å². The van der Waals surface area contributed by atoms with E-state index in [-0.39, 0.29) is 11.9 Å². The molecule has 0 spiro atoms. The van der Waals surface area contributed by atoms with Gasteiger partial charge in [0.1, 0.15) is 17.7 Å². The number of hydrogen-bond donors (Lipinski definition) is 1. The summed E-state index contributed by atoms with van der Waals surface area (Å²) in [4.78, 5) is 0. The normalized spacial score (nSPS) is 19.8. The summed E-state index contributed by atoms with van der Waals surface area (Å²) in [5, 5.41) is 0. The molecule has 0 aliphatic carbocycles. The topological polar surface area (TPSA) is 35.2 Å². The molecule has 1 aliphatic rings. The monoisotopic (exact) mass is 237 g/mol. The lowest BCUT2D eigenvalue weighted by Crippen LogP contribution is -2.23. The second-order valence-electron chi connectivity index (χ2n) is 4.82. The molecular formula is C14H20FNO. The highest BCUT2D eigenvalue weighted by Gasteiger charge is 2.25. The Kier molecular flexibility index (Phi) is 4.00. The van der Waals surface area contributed by atoms with Crippen molar-refractivity contribution < 1.29 is 9.13 Å². The van der Waals surface area contributed by atoms with E-state index in [2.05, 4.69) is 6.92 Å². The van der Waals surface area contributed by atoms with E-state index in [1.54, 1.807) is 12.1 Å². The zero-order valence-electron chi connectivity index (χ0n) is 10.3. The molecule has 1 aromatic carbocycles. The molecule has 1 aliphatic heterocycles. The lowest BCUT2D eigenvalue weighted by Gasteiger charge is -2.18. The van der Waals surface area contributed by atoms with E-state index in [9.17, 15) is 4.39 Å². The number of rotatable bonds is 5. The van der Waals surface area contributed by atoms with Gasteiger partial charge in [0.25, 0.3) is 0 Å². The molecule has 0 saturated heterocycles. The van der Waals surface area contributed by atoms with Gasteiger partial charge in [-0.05, 0) is 43.5 Å². The predicted octanol–water partition coefficient (Wildman–Crippen LogP) is 2.89. The first-order valence-corrected chi connectivity index (χ1v) is 6.38. The lowest BCUT2D eigenvalue weighted by molar-refractivity contribution is 0.191. The van der Waals surface area contributed by atoms with Crippen LogP contribution in [0, 0.1) is 11.7 Å². The summed E-state index contributed by atoms with van der Waals surface area (Å²) in [5.41, 5.74) is 6.74. The quantitative estimate of drug-likeness (QED) is 0.854. The van der Waals surface area contributed by atoms with Gasteiger partial charge in [-0.15, -0.1) is 0 Å². The summed E-state index contributed by atoms with van der Waals surface area (Å²) in [7, 11) is 0. The first kappa shape index (κ1) is 12.4. The molecule has 0 amide bonds. The fraction of sp³-hybridized carbons (Fsp3) is 0.571. The van der Waals surface area contributed by atoms with Crippen molar-refractivity contribution >= 4 is 0 Å². The number of fused-ring (bicyclic) bond motifs is 1. The fourth-order valence-electron chi connectivity index (χ4n) is 2.53. The smallest absolute Gasteiger partial charge is 0.123 e. The van der Waals surface area contributed by atoms with Crippen LogP contribution in [-0.4, -0.2) is 12.6 Å². The molecule has 2 nitrogen and oxygen atoms in total. The summed E-state index contributed by atoms with van der Waals surface area (Å²) in [5.74, 6) is 1.17. The average molecular weight is 237 g/mol. The first-order chi connectivity index (χ1) is 8.22. The van der Waals surface area contributed by atoms with Crippen LogP contribution < -0.4 is 10.5 Å². The van der Waals surface area contributed by atoms with Crippen LogP contribution in [0.15, 0.2) is 18.2 Å². The molecule has 0 aromatic heterocycles. The van der Waals surface area contributed by atoms with Crippen LogP contribution >= 0.6 is 0 Å². The Bertz CT molecular complexity index is 380. The highest BCUT2D eigenvalue weighted by molar-refractivity contribution is 5.37. The highest BCUT2D eigenvalue weighted by atomic mass is 19.1. The summed E-state index contributed by atoms with van der Waals surface area (Å²) in [6.45, 7) is 2.88. The van der Waals surface area contributed by atoms with Gasteiger partial charge in [-0.1, -0.05) is 13.3 Å². The molecule has 2 unspecified atom stereocenters. The van der Waals surface area contributed by atoms with Crippen LogP contribution in [0.4, 0.5) is 4.39 Å². The third-order valence-corrected chi connectivity index (χ3v) is 3.39. The standard InChI is InChI=1S/C14H20FNO/c1-2-3-10(9-16)6-13-8-11-7-12(15)4-5-14(11)17-13/h4-5,7,10,13H,2-3,6,8-9,16H2,1H3. The van der Waals surface area contributed by atoms with E-state index in [1.165, 1.54) is 6.07 Å². The number of benzene rings is 1. The van der Waals surface area contributed by atoms with Crippen LogP contribution in [0.1, 0.15) is 31.7 Å². The van der Waals surface area contributed by atoms with Crippen molar-refractivity contribution in [2.24, 2.45) is 11.7 Å². The van der Waals surface area contributed by atoms with Crippen LogP contribution in [0.3, 0.4) is 0 Å². The van der Waals surface area contributed by atoms with Gasteiger partial charge in [-0.25, -0.2) is 4.39 Å². The van der Waals surface area contributed by atoms with E-state index in [0.29, 0.717) is 12.5 Å². The Morgan fingerprint density at radius 2 is 2.35 bits per heavy atom. The minimum absolute atomic E-state index is 0.173. The Labute approximate surface area is 102 Å². The Morgan fingerprint density at radius 1 is 1.53 bits per heavy atom. The molecule has 2 atom stereocenters. The van der Waals surface area contributed by atoms with E-state index in [4.69, 9.17) is 10.5 Å². The molecule has 94 valence electrons. The van der Waals surface area contributed by atoms with Crippen LogP contribution in [-0.2, 0) is 6.42 Å². The molecule has 3 heteroatoms. The Hall–Kier alpha value is -1.09. The number of hydrogen-bond acceptors (Lipinski definition) is 2. The largest absolute Gasteiger partial charge is 0.490 e. The SMILES string of the molecule is CCCC(CN)CC1Cc2cc(F)ccc2O1. The fourth-order valence-corrected chi connectivity index (χ4v) is 2.53. The van der Waals surface area contributed by atoms with Crippen LogP contribution in [0.5, 0.6) is 5.75 Å². The highest BCUT2D eigenvalue weighted by Crippen LogP contribution is 2.32. The van der Waals surface area contributed by atoms with Crippen molar-refractivity contribution in [1.29, 1.82) is 0 Å². The molecule has 1 heterocycles. The maximum atomic E-state index is 13.1. The van der Waals surface area contributed by atoms with Gasteiger partial charge in [-0.3, -0.25) is 0 Å². The molecule has 0 fully saturated rings. The molecule has 0 radical (unpaired) electrons. The molecule has 1 aromatic rings. The van der Waals surface area contributed by atoms with Crippen LogP contribution in [0.25, 0.3) is 0 Å². The van der Waals surface area contributed by atoms with Crippen molar-refractivity contribution in [3.63, 3.8) is 0 Å². The van der Waals surface area contributed by atoms with Gasteiger partial charge in [0.2, 0.25) is 0 Å². The van der Waals surface area contributed by atoms with Crippen molar-refractivity contribution in [2.45, 2.75) is 38.7 Å². The van der Waals surface area contributed by atoms with E-state index >= 15 is 0 Å². The summed E-state index contributed by atoms with van der Waals surface area (Å²) >= 11 is 0. The number of ether oxygens (including phenoxy) is 1. The summed E-state index contributed by atoms with van der Waals surface area (Å²) in [6.07, 6.45) is 4.25. The molecule has 0 bridgehead atoms. The van der Waals surface area contributed by atoms with Crippen molar-refractivity contribution in [1.82, 2.24) is 0 Å². The minimum Gasteiger partial charge on any atom is -0.490 e. The molecule has 2 rings (SSSR count). The molecule has 0 saturated carbocycles. The number of nitrogens with two attached hydrogens (primary N) is 1. The van der Waals surface area contributed by atoms with Gasteiger partial charge in [-0.2, -0.15) is 0 Å². The Balaban J connectivity index is 1.95. The average Bonchev–Trinajstić information content (AvgIpc) is 2.69. The second kappa shape index (κ2) is 5.50. The van der Waals surface area contributed by atoms with E-state index in [0.717, 1.165) is 37.0 Å². The number of halogens is 1. The van der Waals surface area contributed by atoms with Gasteiger partial charge in [0.15, 0.2) is 0 Å². The third kappa shape index (κ3) is 2.97. The van der Waals surface area contributed by atoms with Crippen LogP contribution in [0.2, 0.25) is 0 Å². The van der Waals surface area contributed by atoms with Gasteiger partial charge in [0, 0.05) is 12.0 Å². The Morgan fingerprint density at radius 3 is 3.06 bits per heavy atom. The van der Waals surface area contributed by atoms with Gasteiger partial charge < -0.3 is 10.5 Å². The molecule has 17 heavy (non-hydrogen) atoms. The first-order valence-electron chi connectivity index (χ1n) is 6.38. The van der Waals surface area contributed by atoms with Crippen molar-refractivity contribution in [3.8, 4) is 5.75 Å². The summed E-state index contributed by atoms with van der Waals surface area (Å²) in [6, 6.07) is 4.75. The summed E-state index contributed by atoms with van der Waals surface area (Å²) < 4.78 is 18.9. The van der Waals surface area contributed by atoms with E-state index in [1.807, 2.05) is 0 Å². The molecule has 2 N–H and O–H groups in total. The zero-order valence-corrected chi connectivity index (χ0v) is 10.3. The van der Waals surface area contributed by atoms with E-state index < -0.39 is 0 Å². The lowest BCUT2D eigenvalue weighted by atomic mass is 9.95.